The van der Waals surface area contributed by atoms with Crippen LogP contribution in [0.5, 0.6) is 0 Å². The number of hydrogen-bond acceptors (Lipinski definition) is 5. The van der Waals surface area contributed by atoms with E-state index in [1.807, 2.05) is 30.5 Å². The number of nitrogens with zero attached hydrogens (tertiary/aromatic N) is 4. The lowest BCUT2D eigenvalue weighted by Gasteiger charge is -2.05. The number of carbonyl (C=O) groups excluding carboxylic acids is 1. The van der Waals surface area contributed by atoms with Crippen LogP contribution in [0, 0.1) is 0 Å². The Hall–Kier alpha value is -3.16. The van der Waals surface area contributed by atoms with E-state index in [1.54, 1.807) is 10.8 Å². The van der Waals surface area contributed by atoms with Crippen molar-refractivity contribution in [3.63, 3.8) is 0 Å². The molecular formula is C15H14N4O4. The molecule has 3 rings (SSSR count). The number of carboxylic acids is 1. The van der Waals surface area contributed by atoms with Gasteiger partial charge in [-0.3, -0.25) is 9.59 Å². The van der Waals surface area contributed by atoms with Gasteiger partial charge in [0.25, 0.3) is 0 Å². The van der Waals surface area contributed by atoms with E-state index in [4.69, 9.17) is 5.11 Å². The number of aliphatic carboxylic acids is 1. The number of esters is 1. The summed E-state index contributed by atoms with van der Waals surface area (Å²) in [6, 6.07) is 7.47. The number of benzene rings is 1. The van der Waals surface area contributed by atoms with Gasteiger partial charge in [0.1, 0.15) is 6.54 Å². The normalized spacial score (nSPS) is 10.8. The van der Waals surface area contributed by atoms with Crippen molar-refractivity contribution in [2.75, 3.05) is 7.11 Å². The maximum absolute atomic E-state index is 11.4. The first-order valence-corrected chi connectivity index (χ1v) is 6.86. The first-order valence-electron chi connectivity index (χ1n) is 6.86. The van der Waals surface area contributed by atoms with E-state index in [9.17, 15) is 9.59 Å². The Bertz CT molecular complexity index is 881. The van der Waals surface area contributed by atoms with E-state index in [1.165, 1.54) is 11.8 Å². The van der Waals surface area contributed by atoms with E-state index >= 15 is 0 Å². The van der Waals surface area contributed by atoms with E-state index in [2.05, 4.69) is 15.0 Å². The van der Waals surface area contributed by atoms with E-state index in [0.29, 0.717) is 5.69 Å². The number of hydrogen-bond donors (Lipinski definition) is 1. The third-order valence-electron chi connectivity index (χ3n) is 3.42. The molecule has 1 N–H and O–H groups in total. The highest BCUT2D eigenvalue weighted by Crippen LogP contribution is 2.20. The lowest BCUT2D eigenvalue weighted by Crippen LogP contribution is -2.10. The summed E-state index contributed by atoms with van der Waals surface area (Å²) in [6.45, 7) is 0.144. The van der Waals surface area contributed by atoms with Crippen molar-refractivity contribution in [3.05, 3.63) is 42.4 Å². The van der Waals surface area contributed by atoms with Crippen molar-refractivity contribution < 1.29 is 19.4 Å². The molecule has 0 aliphatic carbocycles. The van der Waals surface area contributed by atoms with Gasteiger partial charge in [-0.1, -0.05) is 5.21 Å². The van der Waals surface area contributed by atoms with Gasteiger partial charge in [0.15, 0.2) is 0 Å². The average Bonchev–Trinajstić information content (AvgIpc) is 3.13. The summed E-state index contributed by atoms with van der Waals surface area (Å²) in [5, 5.41) is 17.5. The van der Waals surface area contributed by atoms with Crippen LogP contribution in [-0.4, -0.2) is 43.7 Å². The van der Waals surface area contributed by atoms with Crippen molar-refractivity contribution in [3.8, 4) is 5.69 Å². The van der Waals surface area contributed by atoms with Crippen LogP contribution in [-0.2, 0) is 27.3 Å². The Morgan fingerprint density at radius 1 is 1.30 bits per heavy atom. The molecule has 0 aliphatic rings. The number of methoxy groups -OCH3 is 1. The fourth-order valence-corrected chi connectivity index (χ4v) is 2.33. The SMILES string of the molecule is COC(=O)Cn1ccc2cc(-n3cc(CC(=O)O)nn3)ccc21. The summed E-state index contributed by atoms with van der Waals surface area (Å²) in [5.41, 5.74) is 2.04. The van der Waals surface area contributed by atoms with Crippen LogP contribution < -0.4 is 0 Å². The molecule has 0 fully saturated rings. The van der Waals surface area contributed by atoms with Gasteiger partial charge in [0.05, 0.1) is 31.1 Å². The zero-order valence-electron chi connectivity index (χ0n) is 12.3. The van der Waals surface area contributed by atoms with Gasteiger partial charge >= 0.3 is 11.9 Å². The van der Waals surface area contributed by atoms with Crippen molar-refractivity contribution >= 4 is 22.8 Å². The molecule has 8 heteroatoms. The smallest absolute Gasteiger partial charge is 0.325 e. The van der Waals surface area contributed by atoms with E-state index < -0.39 is 5.97 Å². The Morgan fingerprint density at radius 2 is 2.13 bits per heavy atom. The largest absolute Gasteiger partial charge is 0.481 e. The van der Waals surface area contributed by atoms with E-state index in [-0.39, 0.29) is 18.9 Å². The van der Waals surface area contributed by atoms with Crippen molar-refractivity contribution in [1.29, 1.82) is 0 Å². The van der Waals surface area contributed by atoms with E-state index in [0.717, 1.165) is 16.6 Å². The maximum atomic E-state index is 11.4. The molecule has 3 aromatic rings. The van der Waals surface area contributed by atoms with Crippen molar-refractivity contribution in [2.45, 2.75) is 13.0 Å². The van der Waals surface area contributed by atoms with Crippen LogP contribution in [0.1, 0.15) is 5.69 Å². The molecular weight excluding hydrogens is 300 g/mol. The van der Waals surface area contributed by atoms with Gasteiger partial charge in [0.2, 0.25) is 0 Å². The van der Waals surface area contributed by atoms with Crippen molar-refractivity contribution in [1.82, 2.24) is 19.6 Å². The highest BCUT2D eigenvalue weighted by atomic mass is 16.5. The third-order valence-corrected chi connectivity index (χ3v) is 3.42. The molecule has 0 saturated heterocycles. The Kier molecular flexibility index (Phi) is 3.80. The first kappa shape index (κ1) is 14.8. The quantitative estimate of drug-likeness (QED) is 0.706. The number of rotatable bonds is 5. The van der Waals surface area contributed by atoms with Crippen LogP contribution in [0.4, 0.5) is 0 Å². The maximum Gasteiger partial charge on any atom is 0.325 e. The Balaban J connectivity index is 1.90. The first-order chi connectivity index (χ1) is 11.1. The zero-order chi connectivity index (χ0) is 16.4. The van der Waals surface area contributed by atoms with Gasteiger partial charge in [0, 0.05) is 17.1 Å². The minimum absolute atomic E-state index is 0.144. The summed E-state index contributed by atoms with van der Waals surface area (Å²) in [5.74, 6) is -1.27. The number of carboxylic acid groups (broad SMARTS) is 1. The second-order valence-electron chi connectivity index (χ2n) is 4.99. The fraction of sp³-hybridized carbons (Fsp3) is 0.200. The zero-order valence-corrected chi connectivity index (χ0v) is 12.3. The van der Waals surface area contributed by atoms with Gasteiger partial charge in [-0.2, -0.15) is 0 Å². The summed E-state index contributed by atoms with van der Waals surface area (Å²) < 4.78 is 7.99. The van der Waals surface area contributed by atoms with Gasteiger partial charge in [-0.05, 0) is 24.3 Å². The predicted octanol–water partition coefficient (Wildman–Crippen LogP) is 1.02. The molecule has 0 amide bonds. The molecule has 0 bridgehead atoms. The number of fused-ring (bicyclic) bond motifs is 1. The second-order valence-corrected chi connectivity index (χ2v) is 4.99. The third kappa shape index (κ3) is 3.05. The number of ether oxygens (including phenoxy) is 1. The predicted molar refractivity (Wildman–Crippen MR) is 80.2 cm³/mol. The van der Waals surface area contributed by atoms with Crippen LogP contribution in [0.25, 0.3) is 16.6 Å². The molecule has 2 heterocycles. The van der Waals surface area contributed by atoms with Crippen molar-refractivity contribution in [2.24, 2.45) is 0 Å². The molecule has 1 aromatic carbocycles. The molecule has 2 aromatic heterocycles. The molecule has 118 valence electrons. The van der Waals surface area contributed by atoms with Gasteiger partial charge < -0.3 is 14.4 Å². The number of aromatic nitrogens is 4. The molecule has 0 aliphatic heterocycles. The lowest BCUT2D eigenvalue weighted by atomic mass is 10.2. The van der Waals surface area contributed by atoms with Crippen LogP contribution >= 0.6 is 0 Å². The molecule has 0 saturated carbocycles. The minimum Gasteiger partial charge on any atom is -0.481 e. The Labute approximate surface area is 130 Å². The lowest BCUT2D eigenvalue weighted by molar-refractivity contribution is -0.141. The molecule has 0 spiro atoms. The van der Waals surface area contributed by atoms with Crippen LogP contribution in [0.2, 0.25) is 0 Å². The van der Waals surface area contributed by atoms with Crippen LogP contribution in [0.3, 0.4) is 0 Å². The molecule has 0 atom stereocenters. The highest BCUT2D eigenvalue weighted by molar-refractivity contribution is 5.83. The molecule has 8 nitrogen and oxygen atoms in total. The molecule has 0 unspecified atom stereocenters. The number of carbonyl (C=O) groups is 2. The molecule has 0 radical (unpaired) electrons. The average molecular weight is 314 g/mol. The summed E-state index contributed by atoms with van der Waals surface area (Å²) in [7, 11) is 1.35. The summed E-state index contributed by atoms with van der Waals surface area (Å²) >= 11 is 0. The van der Waals surface area contributed by atoms with Gasteiger partial charge in [-0.25, -0.2) is 4.68 Å². The molecule has 23 heavy (non-hydrogen) atoms. The monoisotopic (exact) mass is 314 g/mol. The minimum atomic E-state index is -0.951. The van der Waals surface area contributed by atoms with Crippen LogP contribution in [0.15, 0.2) is 36.7 Å². The Morgan fingerprint density at radius 3 is 2.87 bits per heavy atom. The highest BCUT2D eigenvalue weighted by Gasteiger charge is 2.10. The fourth-order valence-electron chi connectivity index (χ4n) is 2.33. The second kappa shape index (κ2) is 5.91. The summed E-state index contributed by atoms with van der Waals surface area (Å²) in [6.07, 6.45) is 3.22. The topological polar surface area (TPSA) is 99.2 Å². The summed E-state index contributed by atoms with van der Waals surface area (Å²) in [4.78, 5) is 22.1. The standard InChI is InChI=1S/C15H14N4O4/c1-23-15(22)9-18-5-4-10-6-12(2-3-13(10)18)19-8-11(16-17-19)7-14(20)21/h2-6,8H,7,9H2,1H3,(H,20,21). The van der Waals surface area contributed by atoms with Gasteiger partial charge in [-0.15, -0.1) is 5.10 Å².